The lowest BCUT2D eigenvalue weighted by atomic mass is 9.75. The van der Waals surface area contributed by atoms with Gasteiger partial charge in [0.05, 0.1) is 11.8 Å². The van der Waals surface area contributed by atoms with Gasteiger partial charge in [-0.1, -0.05) is 30.3 Å². The highest BCUT2D eigenvalue weighted by Crippen LogP contribution is 2.36. The predicted molar refractivity (Wildman–Crippen MR) is 91.5 cm³/mol. The zero-order chi connectivity index (χ0) is 17.8. The van der Waals surface area contributed by atoms with Crippen LogP contribution in [-0.2, 0) is 20.9 Å². The van der Waals surface area contributed by atoms with Gasteiger partial charge in [0.25, 0.3) is 0 Å². The highest BCUT2D eigenvalue weighted by Gasteiger charge is 2.44. The van der Waals surface area contributed by atoms with Gasteiger partial charge >= 0.3 is 11.9 Å². The summed E-state index contributed by atoms with van der Waals surface area (Å²) in [7, 11) is 0. The molecule has 1 aromatic carbocycles. The minimum Gasteiger partial charge on any atom is -0.481 e. The lowest BCUT2D eigenvalue weighted by Gasteiger charge is -2.38. The molecule has 132 valence electrons. The summed E-state index contributed by atoms with van der Waals surface area (Å²) in [6.45, 7) is 7.53. The van der Waals surface area contributed by atoms with Gasteiger partial charge in [0.15, 0.2) is 0 Å². The van der Waals surface area contributed by atoms with Gasteiger partial charge in [-0.3, -0.25) is 14.5 Å². The second-order valence-electron chi connectivity index (χ2n) is 7.61. The third-order valence-electron chi connectivity index (χ3n) is 4.42. The Hall–Kier alpha value is -1.88. The third-order valence-corrected chi connectivity index (χ3v) is 4.42. The van der Waals surface area contributed by atoms with Gasteiger partial charge < -0.3 is 9.84 Å². The first-order valence-electron chi connectivity index (χ1n) is 8.42. The minimum atomic E-state index is -1.00. The SMILES string of the molecule is CC(C)(C)OC(=O)CC1(C(=O)O)CCN(Cc2ccccc2)CC1. The molecule has 0 bridgehead atoms. The monoisotopic (exact) mass is 333 g/mol. The zero-order valence-electron chi connectivity index (χ0n) is 14.7. The molecule has 0 atom stereocenters. The topological polar surface area (TPSA) is 66.8 Å². The number of carboxylic acid groups (broad SMARTS) is 1. The standard InChI is InChI=1S/C19H27NO4/c1-18(2,3)24-16(21)13-19(17(22)23)9-11-20(12-10-19)14-15-7-5-4-6-8-15/h4-8H,9-14H2,1-3H3,(H,22,23). The number of benzene rings is 1. The smallest absolute Gasteiger partial charge is 0.310 e. The minimum absolute atomic E-state index is 0.0568. The average molecular weight is 333 g/mol. The van der Waals surface area contributed by atoms with E-state index in [4.69, 9.17) is 4.74 Å². The molecule has 0 radical (unpaired) electrons. The van der Waals surface area contributed by atoms with Crippen LogP contribution in [0.15, 0.2) is 30.3 Å². The second kappa shape index (κ2) is 7.34. The quantitative estimate of drug-likeness (QED) is 0.839. The fraction of sp³-hybridized carbons (Fsp3) is 0.579. The molecule has 2 rings (SSSR count). The van der Waals surface area contributed by atoms with Crippen molar-refractivity contribution in [2.24, 2.45) is 5.41 Å². The van der Waals surface area contributed by atoms with Gasteiger partial charge in [0.1, 0.15) is 5.60 Å². The van der Waals surface area contributed by atoms with Crippen LogP contribution in [0.2, 0.25) is 0 Å². The van der Waals surface area contributed by atoms with E-state index >= 15 is 0 Å². The van der Waals surface area contributed by atoms with Gasteiger partial charge in [0.2, 0.25) is 0 Å². The predicted octanol–water partition coefficient (Wildman–Crippen LogP) is 3.09. The van der Waals surface area contributed by atoms with Crippen molar-refractivity contribution in [2.75, 3.05) is 13.1 Å². The summed E-state index contributed by atoms with van der Waals surface area (Å²) in [5.74, 6) is -1.32. The van der Waals surface area contributed by atoms with Crippen molar-refractivity contribution >= 4 is 11.9 Å². The van der Waals surface area contributed by atoms with Gasteiger partial charge in [-0.25, -0.2) is 0 Å². The van der Waals surface area contributed by atoms with E-state index in [9.17, 15) is 14.7 Å². The molecule has 5 nitrogen and oxygen atoms in total. The van der Waals surface area contributed by atoms with E-state index in [-0.39, 0.29) is 6.42 Å². The Morgan fingerprint density at radius 1 is 1.17 bits per heavy atom. The maximum absolute atomic E-state index is 12.1. The van der Waals surface area contributed by atoms with E-state index in [0.29, 0.717) is 25.9 Å². The highest BCUT2D eigenvalue weighted by molar-refractivity contribution is 5.82. The van der Waals surface area contributed by atoms with Crippen molar-refractivity contribution in [1.82, 2.24) is 4.90 Å². The highest BCUT2D eigenvalue weighted by atomic mass is 16.6. The molecule has 0 saturated carbocycles. The van der Waals surface area contributed by atoms with E-state index < -0.39 is 23.0 Å². The van der Waals surface area contributed by atoms with E-state index in [0.717, 1.165) is 6.54 Å². The molecule has 1 saturated heterocycles. The Bertz CT molecular complexity index is 569. The van der Waals surface area contributed by atoms with Crippen molar-refractivity contribution < 1.29 is 19.4 Å². The lowest BCUT2D eigenvalue weighted by molar-refractivity contribution is -0.167. The molecule has 1 aromatic rings. The summed E-state index contributed by atoms with van der Waals surface area (Å²) in [4.78, 5) is 26.2. The van der Waals surface area contributed by atoms with Crippen LogP contribution in [0.5, 0.6) is 0 Å². The molecule has 24 heavy (non-hydrogen) atoms. The number of aliphatic carboxylic acids is 1. The molecule has 0 amide bonds. The van der Waals surface area contributed by atoms with E-state index in [1.807, 2.05) is 18.2 Å². The molecule has 0 unspecified atom stereocenters. The van der Waals surface area contributed by atoms with Gasteiger partial charge in [-0.15, -0.1) is 0 Å². The Labute approximate surface area is 143 Å². The molecule has 1 aliphatic rings. The summed E-state index contributed by atoms with van der Waals surface area (Å²) >= 11 is 0. The van der Waals surface area contributed by atoms with Crippen LogP contribution in [0.25, 0.3) is 0 Å². The lowest BCUT2D eigenvalue weighted by Crippen LogP contribution is -2.45. The molecular formula is C19H27NO4. The molecule has 1 N–H and O–H groups in total. The fourth-order valence-electron chi connectivity index (χ4n) is 3.10. The number of likely N-dealkylation sites (tertiary alicyclic amines) is 1. The molecule has 5 heteroatoms. The fourth-order valence-corrected chi connectivity index (χ4v) is 3.10. The molecule has 0 aromatic heterocycles. The van der Waals surface area contributed by atoms with Crippen molar-refractivity contribution in [3.63, 3.8) is 0 Å². The molecule has 1 fully saturated rings. The number of ether oxygens (including phenoxy) is 1. The third kappa shape index (κ3) is 5.06. The molecule has 1 aliphatic heterocycles. The van der Waals surface area contributed by atoms with E-state index in [1.165, 1.54) is 5.56 Å². The first-order valence-corrected chi connectivity index (χ1v) is 8.42. The maximum Gasteiger partial charge on any atom is 0.310 e. The number of esters is 1. The Morgan fingerprint density at radius 2 is 1.75 bits per heavy atom. The van der Waals surface area contributed by atoms with Crippen LogP contribution >= 0.6 is 0 Å². The van der Waals surface area contributed by atoms with Crippen molar-refractivity contribution in [1.29, 1.82) is 0 Å². The average Bonchev–Trinajstić information content (AvgIpc) is 2.48. The Morgan fingerprint density at radius 3 is 2.25 bits per heavy atom. The number of carbonyl (C=O) groups excluding carboxylic acids is 1. The number of carboxylic acids is 1. The van der Waals surface area contributed by atoms with Crippen LogP contribution in [0.4, 0.5) is 0 Å². The number of nitrogens with zero attached hydrogens (tertiary/aromatic N) is 1. The maximum atomic E-state index is 12.1. The Kier molecular flexibility index (Phi) is 5.65. The summed E-state index contributed by atoms with van der Waals surface area (Å²) < 4.78 is 5.32. The van der Waals surface area contributed by atoms with Crippen molar-refractivity contribution in [2.45, 2.75) is 52.2 Å². The summed E-state index contributed by atoms with van der Waals surface area (Å²) in [5.41, 5.74) is -0.382. The van der Waals surface area contributed by atoms with E-state index in [1.54, 1.807) is 20.8 Å². The second-order valence-corrected chi connectivity index (χ2v) is 7.61. The van der Waals surface area contributed by atoms with Crippen LogP contribution < -0.4 is 0 Å². The number of hydrogen-bond acceptors (Lipinski definition) is 4. The first kappa shape index (κ1) is 18.5. The first-order chi connectivity index (χ1) is 11.2. The summed E-state index contributed by atoms with van der Waals surface area (Å²) in [5, 5.41) is 9.69. The summed E-state index contributed by atoms with van der Waals surface area (Å²) in [6, 6.07) is 10.1. The molecule has 0 spiro atoms. The van der Waals surface area contributed by atoms with Gasteiger partial charge in [-0.2, -0.15) is 0 Å². The van der Waals surface area contributed by atoms with Gasteiger partial charge in [0, 0.05) is 6.54 Å². The van der Waals surface area contributed by atoms with Crippen LogP contribution in [0.3, 0.4) is 0 Å². The van der Waals surface area contributed by atoms with Crippen LogP contribution in [0.1, 0.15) is 45.6 Å². The van der Waals surface area contributed by atoms with Crippen molar-refractivity contribution in [3.05, 3.63) is 35.9 Å². The van der Waals surface area contributed by atoms with Crippen LogP contribution in [-0.4, -0.2) is 40.6 Å². The van der Waals surface area contributed by atoms with E-state index in [2.05, 4.69) is 17.0 Å². The zero-order valence-corrected chi connectivity index (χ0v) is 14.7. The number of carbonyl (C=O) groups is 2. The molecular weight excluding hydrogens is 306 g/mol. The molecule has 1 heterocycles. The number of hydrogen-bond donors (Lipinski definition) is 1. The number of rotatable bonds is 5. The van der Waals surface area contributed by atoms with Gasteiger partial charge in [-0.05, 0) is 52.3 Å². The summed E-state index contributed by atoms with van der Waals surface area (Å²) in [6.07, 6.45) is 0.877. The van der Waals surface area contributed by atoms with Crippen molar-refractivity contribution in [3.8, 4) is 0 Å². The normalized spacial score (nSPS) is 18.1. The number of piperidine rings is 1. The Balaban J connectivity index is 1.96. The largest absolute Gasteiger partial charge is 0.481 e. The molecule has 0 aliphatic carbocycles. The van der Waals surface area contributed by atoms with Crippen LogP contribution in [0, 0.1) is 5.41 Å².